The summed E-state index contributed by atoms with van der Waals surface area (Å²) in [4.78, 5) is 15.6. The molecule has 0 saturated carbocycles. The third-order valence-electron chi connectivity index (χ3n) is 4.02. The molecule has 1 heterocycles. The number of H-pyrrole nitrogens is 1. The van der Waals surface area contributed by atoms with Crippen LogP contribution in [-0.2, 0) is 11.2 Å². The van der Waals surface area contributed by atoms with Crippen LogP contribution in [-0.4, -0.2) is 25.0 Å². The van der Waals surface area contributed by atoms with Gasteiger partial charge in [-0.25, -0.2) is 0 Å². The van der Waals surface area contributed by atoms with Gasteiger partial charge in [0.1, 0.15) is 5.75 Å². The lowest BCUT2D eigenvalue weighted by Crippen LogP contribution is -2.15. The molecule has 0 aliphatic carbocycles. The molecule has 0 aliphatic rings. The van der Waals surface area contributed by atoms with E-state index in [1.807, 2.05) is 24.4 Å². The Hall–Kier alpha value is -3.46. The molecule has 1 amide bonds. The Balaban J connectivity index is 1.83. The number of hydrogen-bond acceptors (Lipinski definition) is 4. The summed E-state index contributed by atoms with van der Waals surface area (Å²) in [5, 5.41) is 15.9. The van der Waals surface area contributed by atoms with Gasteiger partial charge in [-0.3, -0.25) is 4.79 Å². The first-order valence-electron chi connectivity index (χ1n) is 7.80. The number of amides is 1. The summed E-state index contributed by atoms with van der Waals surface area (Å²) in [7, 11) is 3.38. The fourth-order valence-corrected chi connectivity index (χ4v) is 2.73. The van der Waals surface area contributed by atoms with Crippen molar-refractivity contribution in [3.63, 3.8) is 0 Å². The van der Waals surface area contributed by atoms with Gasteiger partial charge in [0.15, 0.2) is 0 Å². The van der Waals surface area contributed by atoms with Crippen molar-refractivity contribution in [3.8, 4) is 11.8 Å². The van der Waals surface area contributed by atoms with E-state index in [0.717, 1.165) is 27.9 Å². The van der Waals surface area contributed by atoms with Crippen molar-refractivity contribution in [2.24, 2.45) is 0 Å². The van der Waals surface area contributed by atoms with Gasteiger partial charge in [-0.15, -0.1) is 0 Å². The molecule has 0 aliphatic heterocycles. The second-order valence-electron chi connectivity index (χ2n) is 5.57. The minimum absolute atomic E-state index is 0.157. The van der Waals surface area contributed by atoms with Crippen LogP contribution in [0.5, 0.6) is 5.75 Å². The average Bonchev–Trinajstić information content (AvgIpc) is 3.03. The molecule has 0 unspecified atom stereocenters. The van der Waals surface area contributed by atoms with Gasteiger partial charge in [-0.05, 0) is 42.0 Å². The minimum atomic E-state index is -0.157. The van der Waals surface area contributed by atoms with Crippen LogP contribution >= 0.6 is 0 Å². The highest BCUT2D eigenvalue weighted by Crippen LogP contribution is 2.26. The maximum Gasteiger partial charge on any atom is 0.228 e. The van der Waals surface area contributed by atoms with Crippen LogP contribution < -0.4 is 15.4 Å². The first kappa shape index (κ1) is 16.4. The SMILES string of the molecule is CNc1ccc(C#N)cc1NC(=O)Cc1c[nH]c2ccc(OC)cc12. The van der Waals surface area contributed by atoms with Crippen molar-refractivity contribution in [1.82, 2.24) is 4.98 Å². The molecule has 126 valence electrons. The molecule has 0 atom stereocenters. The number of benzene rings is 2. The zero-order valence-electron chi connectivity index (χ0n) is 14.0. The van der Waals surface area contributed by atoms with Gasteiger partial charge in [-0.1, -0.05) is 0 Å². The highest BCUT2D eigenvalue weighted by Gasteiger charge is 2.12. The molecule has 3 rings (SSSR count). The summed E-state index contributed by atoms with van der Waals surface area (Å²) in [6, 6.07) is 12.9. The molecule has 0 radical (unpaired) electrons. The van der Waals surface area contributed by atoms with Gasteiger partial charge in [-0.2, -0.15) is 5.26 Å². The topological polar surface area (TPSA) is 89.9 Å². The number of hydrogen-bond donors (Lipinski definition) is 3. The zero-order valence-corrected chi connectivity index (χ0v) is 14.0. The molecular formula is C19H18N4O2. The lowest BCUT2D eigenvalue weighted by atomic mass is 10.1. The summed E-state index contributed by atoms with van der Waals surface area (Å²) < 4.78 is 5.25. The number of ether oxygens (including phenoxy) is 1. The van der Waals surface area contributed by atoms with E-state index in [9.17, 15) is 4.79 Å². The number of anilines is 2. The predicted molar refractivity (Wildman–Crippen MR) is 97.9 cm³/mol. The molecule has 1 aromatic heterocycles. The van der Waals surface area contributed by atoms with Gasteiger partial charge in [0.05, 0.1) is 36.5 Å². The van der Waals surface area contributed by atoms with E-state index in [1.165, 1.54) is 0 Å². The van der Waals surface area contributed by atoms with E-state index < -0.39 is 0 Å². The van der Waals surface area contributed by atoms with Crippen LogP contribution in [0, 0.1) is 11.3 Å². The molecular weight excluding hydrogens is 316 g/mol. The van der Waals surface area contributed by atoms with Gasteiger partial charge in [0, 0.05) is 24.1 Å². The molecule has 0 saturated heterocycles. The van der Waals surface area contributed by atoms with Gasteiger partial charge in [0.2, 0.25) is 5.91 Å². The number of carbonyl (C=O) groups excluding carboxylic acids is 1. The molecule has 2 aromatic carbocycles. The number of rotatable bonds is 5. The van der Waals surface area contributed by atoms with Crippen molar-refractivity contribution >= 4 is 28.2 Å². The smallest absolute Gasteiger partial charge is 0.228 e. The van der Waals surface area contributed by atoms with E-state index in [1.54, 1.807) is 32.4 Å². The average molecular weight is 334 g/mol. The number of fused-ring (bicyclic) bond motifs is 1. The van der Waals surface area contributed by atoms with E-state index in [0.29, 0.717) is 11.3 Å². The van der Waals surface area contributed by atoms with Crippen molar-refractivity contribution in [2.75, 3.05) is 24.8 Å². The first-order chi connectivity index (χ1) is 12.1. The normalized spacial score (nSPS) is 10.3. The Kier molecular flexibility index (Phi) is 4.57. The largest absolute Gasteiger partial charge is 0.497 e. The zero-order chi connectivity index (χ0) is 17.8. The van der Waals surface area contributed by atoms with E-state index >= 15 is 0 Å². The van der Waals surface area contributed by atoms with Gasteiger partial charge in [0.25, 0.3) is 0 Å². The van der Waals surface area contributed by atoms with E-state index in [4.69, 9.17) is 10.00 Å². The van der Waals surface area contributed by atoms with Crippen LogP contribution in [0.3, 0.4) is 0 Å². The lowest BCUT2D eigenvalue weighted by molar-refractivity contribution is -0.115. The summed E-state index contributed by atoms with van der Waals surface area (Å²) in [5.41, 5.74) is 3.67. The Morgan fingerprint density at radius 3 is 2.80 bits per heavy atom. The molecule has 25 heavy (non-hydrogen) atoms. The lowest BCUT2D eigenvalue weighted by Gasteiger charge is -2.11. The van der Waals surface area contributed by atoms with Crippen LogP contribution in [0.1, 0.15) is 11.1 Å². The fraction of sp³-hybridized carbons (Fsp3) is 0.158. The quantitative estimate of drug-likeness (QED) is 0.668. The van der Waals surface area contributed by atoms with Crippen LogP contribution in [0.2, 0.25) is 0 Å². The number of nitriles is 1. The second-order valence-corrected chi connectivity index (χ2v) is 5.57. The first-order valence-corrected chi connectivity index (χ1v) is 7.80. The molecule has 3 aromatic rings. The van der Waals surface area contributed by atoms with Crippen LogP contribution in [0.4, 0.5) is 11.4 Å². The third kappa shape index (κ3) is 3.40. The standard InChI is InChI=1S/C19H18N4O2/c1-21-17-5-3-12(10-20)7-18(17)23-19(24)8-13-11-22-16-6-4-14(25-2)9-15(13)16/h3-7,9,11,21-22H,8H2,1-2H3,(H,23,24). The fourth-order valence-electron chi connectivity index (χ4n) is 2.73. The summed E-state index contributed by atoms with van der Waals surface area (Å²) in [5.74, 6) is 0.586. The number of carbonyl (C=O) groups is 1. The Morgan fingerprint density at radius 2 is 2.08 bits per heavy atom. The Morgan fingerprint density at radius 1 is 1.24 bits per heavy atom. The number of nitrogens with zero attached hydrogens (tertiary/aromatic N) is 1. The highest BCUT2D eigenvalue weighted by atomic mass is 16.5. The molecule has 6 nitrogen and oxygen atoms in total. The monoisotopic (exact) mass is 334 g/mol. The van der Waals surface area contributed by atoms with Crippen molar-refractivity contribution < 1.29 is 9.53 Å². The molecule has 0 bridgehead atoms. The summed E-state index contributed by atoms with van der Waals surface area (Å²) in [6.07, 6.45) is 2.04. The number of methoxy groups -OCH3 is 1. The van der Waals surface area contributed by atoms with E-state index in [-0.39, 0.29) is 12.3 Å². The molecule has 3 N–H and O–H groups in total. The Bertz CT molecular complexity index is 969. The minimum Gasteiger partial charge on any atom is -0.497 e. The summed E-state index contributed by atoms with van der Waals surface area (Å²) >= 11 is 0. The van der Waals surface area contributed by atoms with Gasteiger partial charge < -0.3 is 20.4 Å². The number of nitrogens with one attached hydrogen (secondary N) is 3. The maximum absolute atomic E-state index is 12.5. The summed E-state index contributed by atoms with van der Waals surface area (Å²) in [6.45, 7) is 0. The third-order valence-corrected chi connectivity index (χ3v) is 4.02. The molecule has 6 heteroatoms. The number of aromatic nitrogens is 1. The van der Waals surface area contributed by atoms with E-state index in [2.05, 4.69) is 21.7 Å². The van der Waals surface area contributed by atoms with Crippen LogP contribution in [0.15, 0.2) is 42.6 Å². The van der Waals surface area contributed by atoms with Gasteiger partial charge >= 0.3 is 0 Å². The Labute approximate surface area is 145 Å². The second kappa shape index (κ2) is 6.97. The maximum atomic E-state index is 12.5. The molecule has 0 spiro atoms. The van der Waals surface area contributed by atoms with Crippen LogP contribution in [0.25, 0.3) is 10.9 Å². The molecule has 0 fully saturated rings. The predicted octanol–water partition coefficient (Wildman–Crippen LogP) is 3.27. The van der Waals surface area contributed by atoms with Crippen molar-refractivity contribution in [3.05, 3.63) is 53.7 Å². The van der Waals surface area contributed by atoms with Crippen molar-refractivity contribution in [1.29, 1.82) is 5.26 Å². The number of aromatic amines is 1. The van der Waals surface area contributed by atoms with Crippen molar-refractivity contribution in [2.45, 2.75) is 6.42 Å². The highest BCUT2D eigenvalue weighted by molar-refractivity contribution is 5.98.